The predicted molar refractivity (Wildman–Crippen MR) is 104 cm³/mol. The van der Waals surface area contributed by atoms with E-state index in [0.29, 0.717) is 11.3 Å². The van der Waals surface area contributed by atoms with E-state index in [2.05, 4.69) is 5.32 Å². The van der Waals surface area contributed by atoms with Gasteiger partial charge in [-0.1, -0.05) is 30.3 Å². The van der Waals surface area contributed by atoms with Crippen LogP contribution in [-0.4, -0.2) is 27.1 Å². The number of allylic oxidation sites excluding steroid dienone is 1. The molecular formula is C20H21FN2O3S. The fourth-order valence-corrected chi connectivity index (χ4v) is 4.40. The van der Waals surface area contributed by atoms with Crippen LogP contribution in [0.4, 0.5) is 15.8 Å². The zero-order chi connectivity index (χ0) is 19.4. The smallest absolute Gasteiger partial charge is 0.220 e. The molecule has 1 aliphatic rings. The van der Waals surface area contributed by atoms with E-state index in [0.717, 1.165) is 11.1 Å². The summed E-state index contributed by atoms with van der Waals surface area (Å²) in [6, 6.07) is 14.3. The third kappa shape index (κ3) is 4.95. The third-order valence-electron chi connectivity index (χ3n) is 4.46. The lowest BCUT2D eigenvalue weighted by Gasteiger charge is -2.20. The van der Waals surface area contributed by atoms with Crippen molar-refractivity contribution in [1.82, 2.24) is 5.32 Å². The largest absolute Gasteiger partial charge is 0.352 e. The Bertz CT molecular complexity index is 958. The minimum absolute atomic E-state index is 0.0322. The number of hydrogen-bond donors (Lipinski definition) is 1. The number of carbonyl (C=O) groups is 1. The standard InChI is InChI=1S/C20H21FN2O3S/c1-23(17-5-3-2-4-6-17)19-8-7-15(11-18(19)21)13-22-20(24)12-16-9-10-27(25,26)14-16/h2-11,16H,12-14H2,1H3,(H,22,24)/t16-/m0/s1. The molecule has 0 aromatic heterocycles. The van der Waals surface area contributed by atoms with Crippen molar-refractivity contribution in [3.05, 3.63) is 71.4 Å². The summed E-state index contributed by atoms with van der Waals surface area (Å²) in [6.07, 6.45) is 1.65. The van der Waals surface area contributed by atoms with Gasteiger partial charge in [0, 0.05) is 37.0 Å². The van der Waals surface area contributed by atoms with Crippen LogP contribution in [0.5, 0.6) is 0 Å². The Balaban J connectivity index is 1.58. The molecule has 2 aromatic rings. The van der Waals surface area contributed by atoms with E-state index < -0.39 is 9.84 Å². The highest BCUT2D eigenvalue weighted by atomic mass is 32.2. The Kier molecular flexibility index (Phi) is 5.60. The Labute approximate surface area is 158 Å². The van der Waals surface area contributed by atoms with E-state index in [1.807, 2.05) is 30.3 Å². The molecule has 5 nitrogen and oxygen atoms in total. The molecule has 1 N–H and O–H groups in total. The topological polar surface area (TPSA) is 66.5 Å². The number of amides is 1. The van der Waals surface area contributed by atoms with Crippen LogP contribution < -0.4 is 10.2 Å². The molecule has 1 aliphatic heterocycles. The van der Waals surface area contributed by atoms with Gasteiger partial charge in [-0.15, -0.1) is 0 Å². The molecule has 1 amide bonds. The first-order valence-electron chi connectivity index (χ1n) is 8.59. The van der Waals surface area contributed by atoms with Gasteiger partial charge in [0.25, 0.3) is 0 Å². The summed E-state index contributed by atoms with van der Waals surface area (Å²) >= 11 is 0. The normalized spacial score (nSPS) is 17.6. The monoisotopic (exact) mass is 388 g/mol. The second-order valence-electron chi connectivity index (χ2n) is 6.58. The van der Waals surface area contributed by atoms with Crippen LogP contribution in [0.1, 0.15) is 12.0 Å². The number of halogens is 1. The summed E-state index contributed by atoms with van der Waals surface area (Å²) in [6.45, 7) is 0.189. The highest BCUT2D eigenvalue weighted by Crippen LogP contribution is 2.26. The number of carbonyl (C=O) groups excluding carboxylic acids is 1. The van der Waals surface area contributed by atoms with Crippen molar-refractivity contribution < 1.29 is 17.6 Å². The molecule has 0 fully saturated rings. The fourth-order valence-electron chi connectivity index (χ4n) is 3.00. The maximum Gasteiger partial charge on any atom is 0.220 e. The molecular weight excluding hydrogens is 367 g/mol. The van der Waals surface area contributed by atoms with Crippen LogP contribution in [0.2, 0.25) is 0 Å². The highest BCUT2D eigenvalue weighted by Gasteiger charge is 2.23. The number of nitrogens with one attached hydrogen (secondary N) is 1. The van der Waals surface area contributed by atoms with Gasteiger partial charge in [-0.2, -0.15) is 0 Å². The minimum Gasteiger partial charge on any atom is -0.352 e. The second kappa shape index (κ2) is 7.92. The quantitative estimate of drug-likeness (QED) is 0.826. The zero-order valence-corrected chi connectivity index (χ0v) is 15.7. The zero-order valence-electron chi connectivity index (χ0n) is 14.9. The van der Waals surface area contributed by atoms with Gasteiger partial charge in [-0.3, -0.25) is 4.79 Å². The summed E-state index contributed by atoms with van der Waals surface area (Å²) in [7, 11) is -1.37. The Morgan fingerprint density at radius 1 is 1.22 bits per heavy atom. The number of sulfone groups is 1. The molecule has 0 aliphatic carbocycles. The Morgan fingerprint density at radius 3 is 2.59 bits per heavy atom. The van der Waals surface area contributed by atoms with Gasteiger partial charge in [-0.25, -0.2) is 12.8 Å². The summed E-state index contributed by atoms with van der Waals surface area (Å²) < 4.78 is 37.2. The van der Waals surface area contributed by atoms with E-state index in [9.17, 15) is 17.6 Å². The molecule has 1 heterocycles. The average Bonchev–Trinajstić information content (AvgIpc) is 2.98. The van der Waals surface area contributed by atoms with Crippen molar-refractivity contribution in [2.45, 2.75) is 13.0 Å². The molecule has 7 heteroatoms. The molecule has 27 heavy (non-hydrogen) atoms. The summed E-state index contributed by atoms with van der Waals surface area (Å²) in [5.74, 6) is -0.963. The number of anilines is 2. The first kappa shape index (κ1) is 19.1. The van der Waals surface area contributed by atoms with Gasteiger partial charge in [0.2, 0.25) is 5.91 Å². The van der Waals surface area contributed by atoms with E-state index >= 15 is 0 Å². The van der Waals surface area contributed by atoms with Gasteiger partial charge in [0.1, 0.15) is 5.82 Å². The molecule has 0 unspecified atom stereocenters. The highest BCUT2D eigenvalue weighted by molar-refractivity contribution is 7.94. The first-order chi connectivity index (χ1) is 12.8. The van der Waals surface area contributed by atoms with Crippen molar-refractivity contribution >= 4 is 27.1 Å². The van der Waals surface area contributed by atoms with Gasteiger partial charge in [0.15, 0.2) is 9.84 Å². The lowest BCUT2D eigenvalue weighted by atomic mass is 10.1. The van der Waals surface area contributed by atoms with Crippen molar-refractivity contribution in [1.29, 1.82) is 0 Å². The summed E-state index contributed by atoms with van der Waals surface area (Å²) in [5.41, 5.74) is 1.95. The van der Waals surface area contributed by atoms with Gasteiger partial charge in [0.05, 0.1) is 11.4 Å². The fraction of sp³-hybridized carbons (Fsp3) is 0.250. The molecule has 142 valence electrons. The van der Waals surface area contributed by atoms with Crippen LogP contribution in [0, 0.1) is 11.7 Å². The van der Waals surface area contributed by atoms with E-state index in [1.165, 1.54) is 6.07 Å². The van der Waals surface area contributed by atoms with E-state index in [-0.39, 0.29) is 36.4 Å². The van der Waals surface area contributed by atoms with Crippen molar-refractivity contribution in [2.75, 3.05) is 17.7 Å². The van der Waals surface area contributed by atoms with Gasteiger partial charge in [-0.05, 0) is 29.8 Å². The third-order valence-corrected chi connectivity index (χ3v) is 5.92. The number of para-hydroxylation sites is 1. The SMILES string of the molecule is CN(c1ccccc1)c1ccc(CNC(=O)C[C@@H]2C=CS(=O)(=O)C2)cc1F. The van der Waals surface area contributed by atoms with Crippen molar-refractivity contribution in [3.8, 4) is 0 Å². The second-order valence-corrected chi connectivity index (χ2v) is 8.51. The maximum absolute atomic E-state index is 14.5. The van der Waals surface area contributed by atoms with Gasteiger partial charge < -0.3 is 10.2 Å². The molecule has 0 bridgehead atoms. The number of hydrogen-bond acceptors (Lipinski definition) is 4. The van der Waals surface area contributed by atoms with Crippen LogP contribution in [0.3, 0.4) is 0 Å². The number of benzene rings is 2. The molecule has 2 aromatic carbocycles. The van der Waals surface area contributed by atoms with Crippen LogP contribution in [0.15, 0.2) is 60.0 Å². The summed E-state index contributed by atoms with van der Waals surface area (Å²) in [5, 5.41) is 3.87. The maximum atomic E-state index is 14.5. The van der Waals surface area contributed by atoms with Crippen LogP contribution in [0.25, 0.3) is 0 Å². The van der Waals surface area contributed by atoms with E-state index in [1.54, 1.807) is 30.2 Å². The molecule has 0 spiro atoms. The molecule has 0 radical (unpaired) electrons. The minimum atomic E-state index is -3.16. The average molecular weight is 388 g/mol. The van der Waals surface area contributed by atoms with E-state index in [4.69, 9.17) is 0 Å². The van der Waals surface area contributed by atoms with Crippen molar-refractivity contribution in [2.24, 2.45) is 5.92 Å². The Hall–Kier alpha value is -2.67. The molecule has 0 saturated carbocycles. The molecule has 1 atom stereocenters. The van der Waals surface area contributed by atoms with Gasteiger partial charge >= 0.3 is 0 Å². The van der Waals surface area contributed by atoms with Crippen LogP contribution >= 0.6 is 0 Å². The molecule has 3 rings (SSSR count). The first-order valence-corrected chi connectivity index (χ1v) is 10.3. The number of nitrogens with zero attached hydrogens (tertiary/aromatic N) is 1. The van der Waals surface area contributed by atoms with Crippen molar-refractivity contribution in [3.63, 3.8) is 0 Å². The summed E-state index contributed by atoms with van der Waals surface area (Å²) in [4.78, 5) is 13.7. The van der Waals surface area contributed by atoms with Crippen LogP contribution in [-0.2, 0) is 21.2 Å². The predicted octanol–water partition coefficient (Wildman–Crippen LogP) is 3.16. The Morgan fingerprint density at radius 2 is 1.96 bits per heavy atom. The molecule has 0 saturated heterocycles. The lowest BCUT2D eigenvalue weighted by molar-refractivity contribution is -0.121. The number of rotatable bonds is 6. The lowest BCUT2D eigenvalue weighted by Crippen LogP contribution is -2.25.